The lowest BCUT2D eigenvalue weighted by atomic mass is 9.52. The summed E-state index contributed by atoms with van der Waals surface area (Å²) in [5.74, 6) is 6.32. The first-order valence-electron chi connectivity index (χ1n) is 30.9. The van der Waals surface area contributed by atoms with Crippen LogP contribution in [0.5, 0.6) is 23.0 Å². The fourth-order valence-electron chi connectivity index (χ4n) is 20.4. The lowest BCUT2D eigenvalue weighted by molar-refractivity contribution is 0.00272. The van der Waals surface area contributed by atoms with Crippen LogP contribution in [0.4, 0.5) is 0 Å². The molecule has 4 aromatic rings. The molecule has 8 nitrogen and oxygen atoms in total. The van der Waals surface area contributed by atoms with Gasteiger partial charge in [0.2, 0.25) is 0 Å². The second-order valence-electron chi connectivity index (χ2n) is 26.8. The van der Waals surface area contributed by atoms with E-state index >= 15 is 0 Å². The van der Waals surface area contributed by atoms with Crippen molar-refractivity contribution in [2.24, 2.45) is 23.7 Å². The third-order valence-corrected chi connectivity index (χ3v) is 23.9. The smallest absolute Gasteiger partial charge is 0.119 e. The largest absolute Gasteiger partial charge is 0.508 e. The van der Waals surface area contributed by atoms with Gasteiger partial charge in [-0.15, -0.1) is 0 Å². The molecule has 0 amide bonds. The van der Waals surface area contributed by atoms with Crippen molar-refractivity contribution in [3.8, 4) is 23.0 Å². The van der Waals surface area contributed by atoms with E-state index in [1.54, 1.807) is 36.5 Å². The molecule has 16 rings (SSSR count). The highest BCUT2D eigenvalue weighted by Crippen LogP contribution is 2.59. The van der Waals surface area contributed by atoms with Crippen molar-refractivity contribution in [1.82, 2.24) is 20.4 Å². The SMILES string of the molecule is CN1CC[C@]23CCCCC2[C@@H]1Cc1ccc(O)cc13.COc1ccc2c(c1)[C@@]13CCCCC1[C@H](C2)N(C)CC3.COc1ccc2c(c1)[C@@]13CCCCC1[C@H](C2)NCC3.Oc1ccc2c(c1)[C@@]13CCCCC1[C@H](C2)NCC3. The molecule has 12 atom stereocenters. The van der Waals surface area contributed by atoms with Crippen molar-refractivity contribution in [1.29, 1.82) is 0 Å². The number of aromatic hydroxyl groups is 2. The molecular weight excluding hydrogens is 937 g/mol. The molecule has 0 radical (unpaired) electrons. The molecule has 8 heteroatoms. The summed E-state index contributed by atoms with van der Waals surface area (Å²) < 4.78 is 11.0. The number of ether oxygens (including phenoxy) is 2. The number of nitrogens with zero attached hydrogens (tertiary/aromatic N) is 2. The summed E-state index contributed by atoms with van der Waals surface area (Å²) in [6.07, 6.45) is 32.1. The Balaban J connectivity index is 0.0000000971. The van der Waals surface area contributed by atoms with E-state index in [-0.39, 0.29) is 0 Å². The van der Waals surface area contributed by atoms with Crippen molar-refractivity contribution in [3.05, 3.63) is 117 Å². The van der Waals surface area contributed by atoms with Gasteiger partial charge >= 0.3 is 0 Å². The van der Waals surface area contributed by atoms with E-state index in [0.29, 0.717) is 39.2 Å². The van der Waals surface area contributed by atoms with Crippen molar-refractivity contribution < 1.29 is 19.7 Å². The minimum atomic E-state index is 0.375. The van der Waals surface area contributed by atoms with Gasteiger partial charge in [0.15, 0.2) is 0 Å². The molecule has 8 aliphatic carbocycles. The maximum Gasteiger partial charge on any atom is 0.119 e. The summed E-state index contributed by atoms with van der Waals surface area (Å²) in [5, 5.41) is 27.3. The predicted molar refractivity (Wildman–Crippen MR) is 306 cm³/mol. The molecule has 0 aromatic heterocycles. The first-order valence-corrected chi connectivity index (χ1v) is 30.9. The number of likely N-dealkylation sites (N-methyl/N-ethyl adjacent to an activating group) is 2. The summed E-state index contributed by atoms with van der Waals surface area (Å²) in [5.41, 5.74) is 14.0. The zero-order valence-corrected chi connectivity index (χ0v) is 47.0. The summed E-state index contributed by atoms with van der Waals surface area (Å²) in [6.45, 7) is 4.82. The van der Waals surface area contributed by atoms with Crippen LogP contribution in [0.25, 0.3) is 0 Å². The fourth-order valence-corrected chi connectivity index (χ4v) is 20.4. The van der Waals surface area contributed by atoms with Gasteiger partial charge in [0, 0.05) is 45.8 Å². The van der Waals surface area contributed by atoms with Crippen LogP contribution in [0.3, 0.4) is 0 Å². The normalized spacial score (nSPS) is 36.9. The summed E-state index contributed by atoms with van der Waals surface area (Å²) in [6, 6.07) is 28.7. The van der Waals surface area contributed by atoms with Crippen LogP contribution < -0.4 is 20.1 Å². The van der Waals surface area contributed by atoms with Gasteiger partial charge in [-0.3, -0.25) is 0 Å². The van der Waals surface area contributed by atoms with Crippen molar-refractivity contribution >= 4 is 0 Å². The summed E-state index contributed by atoms with van der Waals surface area (Å²) in [7, 11) is 8.20. The van der Waals surface area contributed by atoms with Crippen molar-refractivity contribution in [2.45, 2.75) is 200 Å². The number of phenols is 2. The number of methoxy groups -OCH3 is 2. The first kappa shape index (κ1) is 51.4. The first-order chi connectivity index (χ1) is 37.1. The van der Waals surface area contributed by atoms with E-state index in [2.05, 4.69) is 95.2 Å². The highest BCUT2D eigenvalue weighted by Gasteiger charge is 2.56. The molecular formula is C68H92N4O4. The molecule has 8 fully saturated rings. The Hall–Kier alpha value is -4.08. The Morgan fingerprint density at radius 2 is 0.776 bits per heavy atom. The van der Waals surface area contributed by atoms with E-state index in [4.69, 9.17) is 9.47 Å². The van der Waals surface area contributed by atoms with Crippen molar-refractivity contribution in [2.75, 3.05) is 54.5 Å². The van der Waals surface area contributed by atoms with Crippen LogP contribution in [-0.2, 0) is 47.3 Å². The zero-order chi connectivity index (χ0) is 51.8. The summed E-state index contributed by atoms with van der Waals surface area (Å²) >= 11 is 0. The molecule has 4 aromatic carbocycles. The monoisotopic (exact) mass is 1030 g/mol. The number of rotatable bonds is 2. The van der Waals surface area contributed by atoms with Gasteiger partial charge in [-0.1, -0.05) is 75.6 Å². The second-order valence-corrected chi connectivity index (χ2v) is 26.8. The second kappa shape index (κ2) is 20.5. The van der Waals surface area contributed by atoms with E-state index in [0.717, 1.165) is 66.3 Å². The van der Waals surface area contributed by atoms with E-state index in [9.17, 15) is 10.2 Å². The van der Waals surface area contributed by atoms with E-state index in [1.165, 1.54) is 190 Å². The maximum atomic E-state index is 9.91. The van der Waals surface area contributed by atoms with Gasteiger partial charge in [-0.25, -0.2) is 0 Å². The number of phenolic OH excluding ortho intramolecular Hbond substituents is 2. The van der Waals surface area contributed by atoms with E-state index in [1.807, 2.05) is 12.1 Å². The van der Waals surface area contributed by atoms with Gasteiger partial charge in [0.1, 0.15) is 23.0 Å². The molecule has 4 saturated carbocycles. The van der Waals surface area contributed by atoms with Gasteiger partial charge in [-0.2, -0.15) is 0 Å². The van der Waals surface area contributed by atoms with Crippen LogP contribution in [0.15, 0.2) is 72.8 Å². The number of hydrogen-bond donors (Lipinski definition) is 4. The zero-order valence-electron chi connectivity index (χ0n) is 47.0. The molecule has 4 heterocycles. The van der Waals surface area contributed by atoms with Crippen LogP contribution in [0.2, 0.25) is 0 Å². The average Bonchev–Trinajstić information content (AvgIpc) is 3.47. The number of hydrogen-bond acceptors (Lipinski definition) is 8. The van der Waals surface area contributed by atoms with Gasteiger partial charge in [0.25, 0.3) is 0 Å². The molecule has 4 saturated heterocycles. The molecule has 12 aliphatic rings. The van der Waals surface area contributed by atoms with Crippen LogP contribution >= 0.6 is 0 Å². The van der Waals surface area contributed by atoms with Gasteiger partial charge in [-0.05, 0) is 260 Å². The number of nitrogens with one attached hydrogen (secondary N) is 2. The Labute approximate surface area is 456 Å². The Bertz CT molecular complexity index is 2750. The molecule has 76 heavy (non-hydrogen) atoms. The molecule has 408 valence electrons. The number of likely N-dealkylation sites (tertiary alicyclic amines) is 2. The Morgan fingerprint density at radius 1 is 0.421 bits per heavy atom. The van der Waals surface area contributed by atoms with Crippen LogP contribution in [-0.4, -0.2) is 98.7 Å². The lowest BCUT2D eigenvalue weighted by Gasteiger charge is -2.58. The molecule has 0 spiro atoms. The molecule has 4 N–H and O–H groups in total. The van der Waals surface area contributed by atoms with Crippen molar-refractivity contribution in [3.63, 3.8) is 0 Å². The number of fused-ring (bicyclic) bond motifs is 4. The van der Waals surface area contributed by atoms with Crippen LogP contribution in [0, 0.1) is 23.7 Å². The summed E-state index contributed by atoms with van der Waals surface area (Å²) in [4.78, 5) is 5.21. The standard InChI is InChI=1S/C18H25NO.2C17H23NO.C16H21NO/c1-19-10-9-18-8-4-3-5-15(18)17(19)11-13-6-7-14(20-2)12-16(13)18;1-19-13-6-5-12-10-16-14-4-2-3-7-17(14,8-9-18-16)15(12)11-13;1-18-9-8-17-7-3-2-4-14(17)16(18)10-12-5-6-13(19)11-15(12)17;18-12-5-4-11-9-15-13-3-1-2-6-16(13,7-8-17-15)14(11)10-12/h6-7,12,15,17H,3-5,8-11H2,1-2H3;5-6,11,14,16,18H,2-4,7-10H2,1H3;5-6,11,14,16,19H,2-4,7-10H2,1H3;4-5,10,13,15,17-18H,1-3,6-9H2/t15?,17-,18+;2*14?,16-,17+;13?,15-,16+/m0000/s1. The maximum absolute atomic E-state index is 9.91. The number of benzene rings is 4. The van der Waals surface area contributed by atoms with Gasteiger partial charge < -0.3 is 40.1 Å². The molecule has 4 aliphatic heterocycles. The lowest BCUT2D eigenvalue weighted by Crippen LogP contribution is -2.59. The highest BCUT2D eigenvalue weighted by molar-refractivity contribution is 5.49. The third-order valence-electron chi connectivity index (χ3n) is 23.9. The number of piperidine rings is 4. The van der Waals surface area contributed by atoms with Crippen LogP contribution in [0.1, 0.15) is 173 Å². The topological polar surface area (TPSA) is 89.5 Å². The quantitative estimate of drug-likeness (QED) is 0.158. The van der Waals surface area contributed by atoms with E-state index < -0.39 is 0 Å². The van der Waals surface area contributed by atoms with Gasteiger partial charge in [0.05, 0.1) is 14.2 Å². The minimum absolute atomic E-state index is 0.375. The minimum Gasteiger partial charge on any atom is -0.508 e. The Kier molecular flexibility index (Phi) is 13.9. The Morgan fingerprint density at radius 3 is 1.18 bits per heavy atom. The fraction of sp³-hybridized carbons (Fsp3) is 0.647. The molecule has 4 unspecified atom stereocenters. The highest BCUT2D eigenvalue weighted by atomic mass is 16.5. The molecule has 8 bridgehead atoms. The predicted octanol–water partition coefficient (Wildman–Crippen LogP) is 12.2. The third kappa shape index (κ3) is 8.48. The average molecular weight is 1030 g/mol.